The van der Waals surface area contributed by atoms with E-state index in [-0.39, 0.29) is 5.97 Å². The SMILES string of the molecule is COCc1cnc2ccc(C(=O)OC)cn12. The zero-order valence-corrected chi connectivity index (χ0v) is 9.14. The van der Waals surface area contributed by atoms with E-state index in [0.29, 0.717) is 12.2 Å². The minimum atomic E-state index is -0.362. The molecule has 2 aromatic rings. The van der Waals surface area contributed by atoms with Gasteiger partial charge in [-0.05, 0) is 12.1 Å². The number of pyridine rings is 1. The molecule has 2 heterocycles. The Labute approximate surface area is 92.6 Å². The summed E-state index contributed by atoms with van der Waals surface area (Å²) >= 11 is 0. The van der Waals surface area contributed by atoms with Crippen molar-refractivity contribution in [1.82, 2.24) is 9.38 Å². The standard InChI is InChI=1S/C11H12N2O3/c1-15-7-9-5-12-10-4-3-8(6-13(9)10)11(14)16-2/h3-6H,7H2,1-2H3. The molecule has 0 unspecified atom stereocenters. The van der Waals surface area contributed by atoms with Crippen molar-refractivity contribution < 1.29 is 14.3 Å². The lowest BCUT2D eigenvalue weighted by Crippen LogP contribution is -2.04. The van der Waals surface area contributed by atoms with Gasteiger partial charge in [-0.25, -0.2) is 9.78 Å². The second kappa shape index (κ2) is 4.32. The predicted octanol–water partition coefficient (Wildman–Crippen LogP) is 1.27. The van der Waals surface area contributed by atoms with Crippen molar-refractivity contribution in [3.63, 3.8) is 0 Å². The minimum absolute atomic E-state index is 0.362. The van der Waals surface area contributed by atoms with Crippen molar-refractivity contribution in [2.24, 2.45) is 0 Å². The van der Waals surface area contributed by atoms with Crippen molar-refractivity contribution in [3.05, 3.63) is 35.8 Å². The summed E-state index contributed by atoms with van der Waals surface area (Å²) in [5, 5.41) is 0. The van der Waals surface area contributed by atoms with Crippen LogP contribution in [0, 0.1) is 0 Å². The lowest BCUT2D eigenvalue weighted by Gasteiger charge is -2.03. The van der Waals surface area contributed by atoms with Crippen molar-refractivity contribution in [1.29, 1.82) is 0 Å². The van der Waals surface area contributed by atoms with Gasteiger partial charge < -0.3 is 13.9 Å². The molecule has 2 aromatic heterocycles. The van der Waals surface area contributed by atoms with Gasteiger partial charge in [-0.15, -0.1) is 0 Å². The Morgan fingerprint density at radius 2 is 2.25 bits per heavy atom. The van der Waals surface area contributed by atoms with E-state index in [4.69, 9.17) is 4.74 Å². The summed E-state index contributed by atoms with van der Waals surface area (Å²) in [5.74, 6) is -0.362. The fourth-order valence-electron chi connectivity index (χ4n) is 1.52. The third kappa shape index (κ3) is 1.77. The molecule has 0 aliphatic carbocycles. The molecule has 0 N–H and O–H groups in total. The summed E-state index contributed by atoms with van der Waals surface area (Å²) in [6, 6.07) is 3.45. The summed E-state index contributed by atoms with van der Waals surface area (Å²) < 4.78 is 11.5. The molecular weight excluding hydrogens is 208 g/mol. The molecule has 5 nitrogen and oxygen atoms in total. The van der Waals surface area contributed by atoms with Crippen LogP contribution in [0.3, 0.4) is 0 Å². The first-order valence-corrected chi connectivity index (χ1v) is 4.79. The molecule has 0 saturated heterocycles. The number of carbonyl (C=O) groups is 1. The van der Waals surface area contributed by atoms with Gasteiger partial charge in [0.15, 0.2) is 0 Å². The van der Waals surface area contributed by atoms with Crippen molar-refractivity contribution in [3.8, 4) is 0 Å². The average Bonchev–Trinajstić information content (AvgIpc) is 2.71. The van der Waals surface area contributed by atoms with Crippen LogP contribution in [-0.4, -0.2) is 29.6 Å². The first-order chi connectivity index (χ1) is 7.76. The molecule has 84 valence electrons. The highest BCUT2D eigenvalue weighted by atomic mass is 16.5. The van der Waals surface area contributed by atoms with Crippen LogP contribution in [0.1, 0.15) is 16.1 Å². The van der Waals surface area contributed by atoms with Crippen LogP contribution >= 0.6 is 0 Å². The van der Waals surface area contributed by atoms with Gasteiger partial charge in [0.2, 0.25) is 0 Å². The Morgan fingerprint density at radius 1 is 1.44 bits per heavy atom. The highest BCUT2D eigenvalue weighted by Crippen LogP contribution is 2.10. The van der Waals surface area contributed by atoms with Crippen LogP contribution < -0.4 is 0 Å². The number of fused-ring (bicyclic) bond motifs is 1. The van der Waals surface area contributed by atoms with E-state index in [1.54, 1.807) is 31.6 Å². The lowest BCUT2D eigenvalue weighted by atomic mass is 10.3. The second-order valence-corrected chi connectivity index (χ2v) is 3.32. The Balaban J connectivity index is 2.49. The summed E-state index contributed by atoms with van der Waals surface area (Å²) in [6.07, 6.45) is 3.42. The van der Waals surface area contributed by atoms with Crippen LogP contribution in [0.4, 0.5) is 0 Å². The van der Waals surface area contributed by atoms with Crippen LogP contribution in [0.2, 0.25) is 0 Å². The number of nitrogens with zero attached hydrogens (tertiary/aromatic N) is 2. The van der Waals surface area contributed by atoms with Gasteiger partial charge in [0.25, 0.3) is 0 Å². The topological polar surface area (TPSA) is 52.8 Å². The zero-order chi connectivity index (χ0) is 11.5. The number of aromatic nitrogens is 2. The van der Waals surface area contributed by atoms with E-state index < -0.39 is 0 Å². The molecule has 0 aliphatic rings. The maximum Gasteiger partial charge on any atom is 0.339 e. The van der Waals surface area contributed by atoms with Crippen LogP contribution in [0.15, 0.2) is 24.5 Å². The minimum Gasteiger partial charge on any atom is -0.465 e. The Bertz CT molecular complexity index is 519. The average molecular weight is 220 g/mol. The molecular formula is C11H12N2O3. The van der Waals surface area contributed by atoms with E-state index in [0.717, 1.165) is 11.3 Å². The zero-order valence-electron chi connectivity index (χ0n) is 9.14. The van der Waals surface area contributed by atoms with Gasteiger partial charge in [0.1, 0.15) is 5.65 Å². The quantitative estimate of drug-likeness (QED) is 0.731. The molecule has 0 bridgehead atoms. The highest BCUT2D eigenvalue weighted by molar-refractivity contribution is 5.89. The molecule has 5 heteroatoms. The number of imidazole rings is 1. The number of methoxy groups -OCH3 is 2. The van der Waals surface area contributed by atoms with Crippen LogP contribution in [0.25, 0.3) is 5.65 Å². The maximum absolute atomic E-state index is 11.4. The molecule has 0 atom stereocenters. The Kier molecular flexibility index (Phi) is 2.87. The van der Waals surface area contributed by atoms with Crippen molar-refractivity contribution in [2.75, 3.05) is 14.2 Å². The Morgan fingerprint density at radius 3 is 2.94 bits per heavy atom. The van der Waals surface area contributed by atoms with E-state index >= 15 is 0 Å². The van der Waals surface area contributed by atoms with E-state index in [2.05, 4.69) is 9.72 Å². The summed E-state index contributed by atoms with van der Waals surface area (Å²) in [4.78, 5) is 15.6. The normalized spacial score (nSPS) is 10.6. The fourth-order valence-corrected chi connectivity index (χ4v) is 1.52. The summed E-state index contributed by atoms with van der Waals surface area (Å²) in [5.41, 5.74) is 2.16. The fraction of sp³-hybridized carbons (Fsp3) is 0.273. The molecule has 0 radical (unpaired) electrons. The largest absolute Gasteiger partial charge is 0.465 e. The van der Waals surface area contributed by atoms with Gasteiger partial charge in [0.05, 0.1) is 31.2 Å². The second-order valence-electron chi connectivity index (χ2n) is 3.32. The molecule has 0 fully saturated rings. The van der Waals surface area contributed by atoms with E-state index in [1.165, 1.54) is 7.11 Å². The van der Waals surface area contributed by atoms with Gasteiger partial charge in [0, 0.05) is 13.3 Å². The first kappa shape index (κ1) is 10.6. The van der Waals surface area contributed by atoms with E-state index in [1.807, 2.05) is 4.40 Å². The summed E-state index contributed by atoms with van der Waals surface area (Å²) in [6.45, 7) is 0.450. The number of esters is 1. The van der Waals surface area contributed by atoms with Gasteiger partial charge in [-0.1, -0.05) is 0 Å². The summed E-state index contributed by atoms with van der Waals surface area (Å²) in [7, 11) is 2.97. The van der Waals surface area contributed by atoms with Crippen LogP contribution in [0.5, 0.6) is 0 Å². The molecule has 0 spiro atoms. The third-order valence-electron chi connectivity index (χ3n) is 2.30. The molecule has 0 saturated carbocycles. The highest BCUT2D eigenvalue weighted by Gasteiger charge is 2.08. The molecule has 2 rings (SSSR count). The predicted molar refractivity (Wildman–Crippen MR) is 57.2 cm³/mol. The maximum atomic E-state index is 11.4. The Hall–Kier alpha value is -1.88. The smallest absolute Gasteiger partial charge is 0.339 e. The van der Waals surface area contributed by atoms with Crippen molar-refractivity contribution in [2.45, 2.75) is 6.61 Å². The number of hydrogen-bond acceptors (Lipinski definition) is 4. The third-order valence-corrected chi connectivity index (χ3v) is 2.30. The molecule has 0 amide bonds. The number of hydrogen-bond donors (Lipinski definition) is 0. The molecule has 16 heavy (non-hydrogen) atoms. The van der Waals surface area contributed by atoms with Gasteiger partial charge >= 0.3 is 5.97 Å². The van der Waals surface area contributed by atoms with E-state index in [9.17, 15) is 4.79 Å². The molecule has 0 aromatic carbocycles. The van der Waals surface area contributed by atoms with Gasteiger partial charge in [-0.3, -0.25) is 0 Å². The first-order valence-electron chi connectivity index (χ1n) is 4.79. The number of rotatable bonds is 3. The lowest BCUT2D eigenvalue weighted by molar-refractivity contribution is 0.0600. The number of carbonyl (C=O) groups excluding carboxylic acids is 1. The van der Waals surface area contributed by atoms with Crippen molar-refractivity contribution >= 4 is 11.6 Å². The number of ether oxygens (including phenoxy) is 2. The van der Waals surface area contributed by atoms with Gasteiger partial charge in [-0.2, -0.15) is 0 Å². The molecule has 0 aliphatic heterocycles. The van der Waals surface area contributed by atoms with Crippen LogP contribution in [-0.2, 0) is 16.1 Å². The monoisotopic (exact) mass is 220 g/mol.